The first-order chi connectivity index (χ1) is 16.3. The van der Waals surface area contributed by atoms with Crippen LogP contribution in [0.2, 0.25) is 0 Å². The number of aromatic amines is 1. The number of pyridine rings is 2. The van der Waals surface area contributed by atoms with Gasteiger partial charge in [-0.15, -0.1) is 0 Å². The fraction of sp³-hybridized carbons (Fsp3) is 0.250. The predicted octanol–water partition coefficient (Wildman–Crippen LogP) is 4.00. The molecule has 6 heterocycles. The Hall–Kier alpha value is -3.43. The van der Waals surface area contributed by atoms with Crippen LogP contribution in [0.25, 0.3) is 33.0 Å². The molecule has 9 heteroatoms. The fourth-order valence-corrected chi connectivity index (χ4v) is 5.90. The predicted molar refractivity (Wildman–Crippen MR) is 132 cm³/mol. The Balaban J connectivity index is 1.40. The van der Waals surface area contributed by atoms with Crippen molar-refractivity contribution in [1.82, 2.24) is 30.2 Å². The highest BCUT2D eigenvalue weighted by molar-refractivity contribution is 7.99. The number of aromatic nitrogens is 5. The Morgan fingerprint density at radius 1 is 1.12 bits per heavy atom. The number of hydrogen-bond acceptors (Lipinski definition) is 8. The molecule has 4 aromatic heterocycles. The summed E-state index contributed by atoms with van der Waals surface area (Å²) in [6, 6.07) is 12.2. The average Bonchev–Trinajstić information content (AvgIpc) is 3.57. The lowest BCUT2D eigenvalue weighted by Gasteiger charge is -2.29. The van der Waals surface area contributed by atoms with Gasteiger partial charge in [0.25, 0.3) is 0 Å². The highest BCUT2D eigenvalue weighted by atomic mass is 32.2. The van der Waals surface area contributed by atoms with Crippen molar-refractivity contribution in [3.8, 4) is 0 Å². The second-order valence-electron chi connectivity index (χ2n) is 8.65. The fourth-order valence-electron chi connectivity index (χ4n) is 5.14. The van der Waals surface area contributed by atoms with Crippen molar-refractivity contribution >= 4 is 56.2 Å². The monoisotopic (exact) mass is 454 g/mol. The van der Waals surface area contributed by atoms with Gasteiger partial charge in [-0.2, -0.15) is 0 Å². The largest absolute Gasteiger partial charge is 0.386 e. The molecule has 1 aromatic carbocycles. The zero-order valence-corrected chi connectivity index (χ0v) is 18.9. The van der Waals surface area contributed by atoms with Gasteiger partial charge in [-0.1, -0.05) is 12.1 Å². The number of rotatable bonds is 4. The zero-order chi connectivity index (χ0) is 21.9. The highest BCUT2D eigenvalue weighted by Gasteiger charge is 2.39. The molecule has 3 N–H and O–H groups in total. The number of hydrogen-bond donors (Lipinski definition) is 3. The highest BCUT2D eigenvalue weighted by Crippen LogP contribution is 2.40. The van der Waals surface area contributed by atoms with E-state index < -0.39 is 0 Å². The molecule has 8 nitrogen and oxygen atoms in total. The number of fused-ring (bicyclic) bond motifs is 6. The second-order valence-corrected chi connectivity index (χ2v) is 9.69. The first-order valence-corrected chi connectivity index (χ1v) is 12.0. The van der Waals surface area contributed by atoms with Gasteiger partial charge < -0.3 is 15.2 Å². The summed E-state index contributed by atoms with van der Waals surface area (Å²) in [6.45, 7) is 2.11. The van der Waals surface area contributed by atoms with Gasteiger partial charge >= 0.3 is 0 Å². The molecule has 164 valence electrons. The van der Waals surface area contributed by atoms with Crippen LogP contribution < -0.4 is 15.5 Å². The van der Waals surface area contributed by atoms with Gasteiger partial charge in [0.15, 0.2) is 5.16 Å². The second kappa shape index (κ2) is 7.29. The topological polar surface area (TPSA) is 94.7 Å². The third-order valence-electron chi connectivity index (χ3n) is 6.65. The number of nitrogens with one attached hydrogen (secondary N) is 3. The third kappa shape index (κ3) is 3.03. The number of H-pyrrole nitrogens is 1. The molecule has 5 aromatic rings. The molecule has 0 aliphatic carbocycles. The first kappa shape index (κ1) is 19.1. The molecule has 0 amide bonds. The van der Waals surface area contributed by atoms with E-state index in [9.17, 15) is 0 Å². The molecule has 2 fully saturated rings. The average molecular weight is 455 g/mol. The first-order valence-electron chi connectivity index (χ1n) is 11.2. The van der Waals surface area contributed by atoms with Crippen molar-refractivity contribution in [2.45, 2.75) is 22.6 Å². The summed E-state index contributed by atoms with van der Waals surface area (Å²) in [4.78, 5) is 26.0. The lowest BCUT2D eigenvalue weighted by Crippen LogP contribution is -2.44. The van der Waals surface area contributed by atoms with Crippen LogP contribution in [0.4, 0.5) is 11.5 Å². The maximum atomic E-state index is 5.10. The van der Waals surface area contributed by atoms with Crippen LogP contribution in [0.5, 0.6) is 0 Å². The number of anilines is 2. The molecule has 2 saturated heterocycles. The minimum atomic E-state index is 0.329. The summed E-state index contributed by atoms with van der Waals surface area (Å²) in [5.74, 6) is 1.67. The number of para-hydroxylation sites is 1. The van der Waals surface area contributed by atoms with Gasteiger partial charge in [0.1, 0.15) is 11.5 Å². The minimum Gasteiger partial charge on any atom is -0.386 e. The van der Waals surface area contributed by atoms with Crippen LogP contribution in [-0.2, 0) is 0 Å². The van der Waals surface area contributed by atoms with E-state index in [1.54, 1.807) is 6.20 Å². The molecule has 0 spiro atoms. The third-order valence-corrected chi connectivity index (χ3v) is 7.48. The molecule has 2 bridgehead atoms. The van der Waals surface area contributed by atoms with Gasteiger partial charge in [-0.05, 0) is 48.4 Å². The lowest BCUT2D eigenvalue weighted by molar-refractivity contribution is 0.534. The van der Waals surface area contributed by atoms with Crippen molar-refractivity contribution in [3.05, 3.63) is 48.8 Å². The summed E-state index contributed by atoms with van der Waals surface area (Å²) in [7, 11) is 1.94. The molecule has 2 aliphatic heterocycles. The van der Waals surface area contributed by atoms with Crippen LogP contribution in [0.15, 0.2) is 58.8 Å². The van der Waals surface area contributed by atoms with Crippen molar-refractivity contribution in [2.75, 3.05) is 30.4 Å². The maximum Gasteiger partial charge on any atom is 0.196 e. The molecular formula is C24H22N8S. The minimum absolute atomic E-state index is 0.329. The van der Waals surface area contributed by atoms with E-state index in [0.717, 1.165) is 62.5 Å². The number of benzene rings is 1. The van der Waals surface area contributed by atoms with Gasteiger partial charge in [0.05, 0.1) is 33.8 Å². The van der Waals surface area contributed by atoms with Gasteiger partial charge in [0.2, 0.25) is 0 Å². The van der Waals surface area contributed by atoms with E-state index in [1.165, 1.54) is 18.2 Å². The normalized spacial score (nSPS) is 19.8. The van der Waals surface area contributed by atoms with E-state index in [0.29, 0.717) is 17.2 Å². The molecule has 0 radical (unpaired) electrons. The maximum absolute atomic E-state index is 5.10. The molecule has 2 atom stereocenters. The standard InChI is InChI=1S/C24H22N8S/c1-25-17-5-2-4-15-20-22(29-21(15)17)30-24(31-23(20)32-12-13-8-19(32)28-10-13)33-14-9-18-16(27-11-14)6-3-7-26-18/h2-7,9,11,13,19,25,28H,8,10,12H2,1H3,(H,29,30,31). The Morgan fingerprint density at radius 2 is 2.09 bits per heavy atom. The number of nitrogens with zero attached hydrogens (tertiary/aromatic N) is 5. The molecule has 0 saturated carbocycles. The summed E-state index contributed by atoms with van der Waals surface area (Å²) >= 11 is 1.52. The summed E-state index contributed by atoms with van der Waals surface area (Å²) < 4.78 is 0. The van der Waals surface area contributed by atoms with E-state index in [2.05, 4.69) is 48.7 Å². The van der Waals surface area contributed by atoms with Gasteiger partial charge in [-0.25, -0.2) is 9.97 Å². The van der Waals surface area contributed by atoms with Crippen LogP contribution in [-0.4, -0.2) is 51.2 Å². The van der Waals surface area contributed by atoms with Crippen LogP contribution in [0.3, 0.4) is 0 Å². The Morgan fingerprint density at radius 3 is 2.94 bits per heavy atom. The molecule has 2 aliphatic rings. The molecule has 2 unspecified atom stereocenters. The quantitative estimate of drug-likeness (QED) is 0.351. The summed E-state index contributed by atoms with van der Waals surface area (Å²) in [5, 5.41) is 9.86. The van der Waals surface area contributed by atoms with E-state index in [1.807, 2.05) is 31.4 Å². The van der Waals surface area contributed by atoms with Gasteiger partial charge in [-0.3, -0.25) is 15.3 Å². The lowest BCUT2D eigenvalue weighted by atomic mass is 10.1. The Bertz CT molecular complexity index is 1530. The van der Waals surface area contributed by atoms with E-state index >= 15 is 0 Å². The van der Waals surface area contributed by atoms with Crippen LogP contribution in [0, 0.1) is 5.92 Å². The molecule has 7 rings (SSSR count). The van der Waals surface area contributed by atoms with Crippen LogP contribution in [0.1, 0.15) is 6.42 Å². The zero-order valence-electron chi connectivity index (χ0n) is 18.0. The Kier molecular flexibility index (Phi) is 4.22. The molecular weight excluding hydrogens is 432 g/mol. The Labute approximate surface area is 194 Å². The molecule has 33 heavy (non-hydrogen) atoms. The van der Waals surface area contributed by atoms with E-state index in [4.69, 9.17) is 9.97 Å². The van der Waals surface area contributed by atoms with Gasteiger partial charge in [0, 0.05) is 42.8 Å². The summed E-state index contributed by atoms with van der Waals surface area (Å²) in [5.41, 5.74) is 4.72. The van der Waals surface area contributed by atoms with Crippen molar-refractivity contribution in [2.24, 2.45) is 5.92 Å². The van der Waals surface area contributed by atoms with E-state index in [-0.39, 0.29) is 0 Å². The SMILES string of the molecule is CNc1cccc2c1[nH]c1nc(Sc3cnc4cccnc4c3)nc(N3CC4CNC3C4)c12. The smallest absolute Gasteiger partial charge is 0.196 e. The van der Waals surface area contributed by atoms with Crippen LogP contribution >= 0.6 is 11.8 Å². The van der Waals surface area contributed by atoms with Crippen molar-refractivity contribution in [1.29, 1.82) is 0 Å². The van der Waals surface area contributed by atoms with Crippen molar-refractivity contribution in [3.63, 3.8) is 0 Å². The summed E-state index contributed by atoms with van der Waals surface area (Å²) in [6.07, 6.45) is 5.15. The van der Waals surface area contributed by atoms with Crippen molar-refractivity contribution < 1.29 is 0 Å².